The third-order valence-corrected chi connectivity index (χ3v) is 4.55. The number of methoxy groups -OCH3 is 2. The summed E-state index contributed by atoms with van der Waals surface area (Å²) in [5.41, 5.74) is 0. The molecule has 0 aliphatic rings. The fourth-order valence-corrected chi connectivity index (χ4v) is 2.51. The zero-order valence-corrected chi connectivity index (χ0v) is 13.8. The Morgan fingerprint density at radius 1 is 1.24 bits per heavy atom. The number of fused-ring (bicyclic) bond motifs is 1. The van der Waals surface area contributed by atoms with Gasteiger partial charge in [-0.05, 0) is 36.3 Å². The van der Waals surface area contributed by atoms with Crippen LogP contribution in [0.4, 0.5) is 5.82 Å². The van der Waals surface area contributed by atoms with E-state index in [-0.39, 0.29) is 0 Å². The molecule has 2 aromatic rings. The molecule has 0 fully saturated rings. The summed E-state index contributed by atoms with van der Waals surface area (Å²) in [6, 6.07) is 5.93. The molecule has 0 saturated carbocycles. The van der Waals surface area contributed by atoms with Crippen molar-refractivity contribution in [2.45, 2.75) is 18.6 Å². The van der Waals surface area contributed by atoms with Gasteiger partial charge >= 0.3 is 0 Å². The van der Waals surface area contributed by atoms with Gasteiger partial charge in [0.15, 0.2) is 11.5 Å². The van der Waals surface area contributed by atoms with Crippen molar-refractivity contribution in [3.63, 3.8) is 0 Å². The van der Waals surface area contributed by atoms with Gasteiger partial charge in [0.05, 0.1) is 14.2 Å². The van der Waals surface area contributed by atoms with E-state index in [9.17, 15) is 0 Å². The summed E-state index contributed by atoms with van der Waals surface area (Å²) in [6.45, 7) is 3.14. The topological polar surface area (TPSA) is 43.4 Å². The smallest absolute Gasteiger partial charge is 0.161 e. The Hall–Kier alpha value is -1.62. The largest absolute Gasteiger partial charge is 0.493 e. The maximum atomic E-state index is 5.38. The molecule has 1 aromatic heterocycles. The van der Waals surface area contributed by atoms with E-state index in [2.05, 4.69) is 23.5 Å². The Balaban J connectivity index is 2.27. The molecule has 4 nitrogen and oxygen atoms in total. The molecule has 1 N–H and O–H groups in total. The fraction of sp³-hybridized carbons (Fsp3) is 0.438. The average Bonchev–Trinajstić information content (AvgIpc) is 2.53. The molecule has 2 rings (SSSR count). The molecule has 1 aromatic carbocycles. The molecule has 114 valence electrons. The second-order valence-electron chi connectivity index (χ2n) is 4.85. The van der Waals surface area contributed by atoms with E-state index < -0.39 is 0 Å². The van der Waals surface area contributed by atoms with Gasteiger partial charge in [-0.2, -0.15) is 11.8 Å². The summed E-state index contributed by atoms with van der Waals surface area (Å²) in [5.74, 6) is 2.35. The molecule has 0 saturated heterocycles. The van der Waals surface area contributed by atoms with E-state index in [0.29, 0.717) is 5.25 Å². The minimum absolute atomic E-state index is 0.641. The SMILES string of the molecule is COc1cc2ccnc(NCCC(C)SC)c2cc1OC. The Labute approximate surface area is 130 Å². The van der Waals surface area contributed by atoms with E-state index in [0.717, 1.165) is 41.1 Å². The predicted octanol–water partition coefficient (Wildman–Crippen LogP) is 3.81. The number of nitrogens with zero attached hydrogens (tertiary/aromatic N) is 1. The first-order valence-corrected chi connectivity index (χ1v) is 8.25. The number of aromatic nitrogens is 1. The molecular weight excluding hydrogens is 284 g/mol. The van der Waals surface area contributed by atoms with Gasteiger partial charge in [-0.3, -0.25) is 0 Å². The summed E-state index contributed by atoms with van der Waals surface area (Å²) in [5, 5.41) is 6.20. The summed E-state index contributed by atoms with van der Waals surface area (Å²) in [6.07, 6.45) is 5.05. The first kappa shape index (κ1) is 15.8. The number of nitrogens with one attached hydrogen (secondary N) is 1. The minimum atomic E-state index is 0.641. The molecular formula is C16H22N2O2S. The number of hydrogen-bond acceptors (Lipinski definition) is 5. The van der Waals surface area contributed by atoms with Crippen molar-refractivity contribution in [3.05, 3.63) is 24.4 Å². The minimum Gasteiger partial charge on any atom is -0.493 e. The zero-order chi connectivity index (χ0) is 15.2. The van der Waals surface area contributed by atoms with Crippen LogP contribution in [0.25, 0.3) is 10.8 Å². The van der Waals surface area contributed by atoms with Gasteiger partial charge in [-0.25, -0.2) is 4.98 Å². The van der Waals surface area contributed by atoms with E-state index in [1.807, 2.05) is 36.2 Å². The molecule has 0 aliphatic heterocycles. The van der Waals surface area contributed by atoms with Crippen molar-refractivity contribution in [1.82, 2.24) is 4.98 Å². The lowest BCUT2D eigenvalue weighted by atomic mass is 10.1. The molecule has 0 bridgehead atoms. The molecule has 0 amide bonds. The monoisotopic (exact) mass is 306 g/mol. The van der Waals surface area contributed by atoms with Crippen LogP contribution in [0.3, 0.4) is 0 Å². The van der Waals surface area contributed by atoms with Crippen molar-refractivity contribution >= 4 is 28.4 Å². The number of anilines is 1. The van der Waals surface area contributed by atoms with Gasteiger partial charge in [0.25, 0.3) is 0 Å². The van der Waals surface area contributed by atoms with Crippen LogP contribution >= 0.6 is 11.8 Å². The standard InChI is InChI=1S/C16H22N2O2S/c1-11(21-4)5-7-17-16-13-10-15(20-3)14(19-2)9-12(13)6-8-18-16/h6,8-11H,5,7H2,1-4H3,(H,17,18). The van der Waals surface area contributed by atoms with Crippen molar-refractivity contribution < 1.29 is 9.47 Å². The highest BCUT2D eigenvalue weighted by Gasteiger charge is 2.09. The molecule has 0 radical (unpaired) electrons. The number of rotatable bonds is 7. The van der Waals surface area contributed by atoms with Crippen LogP contribution < -0.4 is 14.8 Å². The maximum Gasteiger partial charge on any atom is 0.161 e. The zero-order valence-electron chi connectivity index (χ0n) is 13.0. The summed E-state index contributed by atoms with van der Waals surface area (Å²) in [4.78, 5) is 4.45. The number of ether oxygens (including phenoxy) is 2. The van der Waals surface area contributed by atoms with Gasteiger partial charge in [0.1, 0.15) is 5.82 Å². The van der Waals surface area contributed by atoms with Gasteiger partial charge in [-0.1, -0.05) is 6.92 Å². The highest BCUT2D eigenvalue weighted by molar-refractivity contribution is 7.99. The summed E-state index contributed by atoms with van der Waals surface area (Å²) < 4.78 is 10.7. The molecule has 1 atom stereocenters. The van der Waals surface area contributed by atoms with Gasteiger partial charge < -0.3 is 14.8 Å². The van der Waals surface area contributed by atoms with Gasteiger partial charge in [0.2, 0.25) is 0 Å². The molecule has 1 heterocycles. The van der Waals surface area contributed by atoms with Crippen LogP contribution in [0.15, 0.2) is 24.4 Å². The normalized spacial score (nSPS) is 12.2. The van der Waals surface area contributed by atoms with E-state index in [4.69, 9.17) is 9.47 Å². The lowest BCUT2D eigenvalue weighted by Gasteiger charge is -2.13. The first-order chi connectivity index (χ1) is 10.2. The number of pyridine rings is 1. The first-order valence-electron chi connectivity index (χ1n) is 6.97. The summed E-state index contributed by atoms with van der Waals surface area (Å²) in [7, 11) is 3.29. The average molecular weight is 306 g/mol. The van der Waals surface area contributed by atoms with E-state index in [1.165, 1.54) is 0 Å². The van der Waals surface area contributed by atoms with Gasteiger partial charge in [0, 0.05) is 23.4 Å². The van der Waals surface area contributed by atoms with Crippen molar-refractivity contribution in [3.8, 4) is 11.5 Å². The number of hydrogen-bond donors (Lipinski definition) is 1. The predicted molar refractivity (Wildman–Crippen MR) is 90.9 cm³/mol. The quantitative estimate of drug-likeness (QED) is 0.842. The highest BCUT2D eigenvalue weighted by Crippen LogP contribution is 2.34. The Morgan fingerprint density at radius 3 is 2.62 bits per heavy atom. The van der Waals surface area contributed by atoms with E-state index >= 15 is 0 Å². The molecule has 21 heavy (non-hydrogen) atoms. The third kappa shape index (κ3) is 3.73. The number of benzene rings is 1. The van der Waals surface area contributed by atoms with Gasteiger partial charge in [-0.15, -0.1) is 0 Å². The molecule has 0 aliphatic carbocycles. The van der Waals surface area contributed by atoms with Crippen LogP contribution in [0.1, 0.15) is 13.3 Å². The second-order valence-corrected chi connectivity index (χ2v) is 6.13. The maximum absolute atomic E-state index is 5.38. The molecule has 0 spiro atoms. The van der Waals surface area contributed by atoms with Crippen LogP contribution in [0.5, 0.6) is 11.5 Å². The van der Waals surface area contributed by atoms with Crippen molar-refractivity contribution in [2.75, 3.05) is 32.3 Å². The number of thioether (sulfide) groups is 1. The van der Waals surface area contributed by atoms with Crippen molar-refractivity contribution in [2.24, 2.45) is 0 Å². The fourth-order valence-electron chi connectivity index (χ4n) is 2.15. The third-order valence-electron chi connectivity index (χ3n) is 3.51. The van der Waals surface area contributed by atoms with Crippen LogP contribution in [0, 0.1) is 0 Å². The molecule has 5 heteroatoms. The lowest BCUT2D eigenvalue weighted by molar-refractivity contribution is 0.356. The molecule has 1 unspecified atom stereocenters. The van der Waals surface area contributed by atoms with E-state index in [1.54, 1.807) is 14.2 Å². The Morgan fingerprint density at radius 2 is 1.95 bits per heavy atom. The van der Waals surface area contributed by atoms with Crippen LogP contribution in [0.2, 0.25) is 0 Å². The lowest BCUT2D eigenvalue weighted by Crippen LogP contribution is -2.09. The highest BCUT2D eigenvalue weighted by atomic mass is 32.2. The Bertz CT molecular complexity index is 604. The van der Waals surface area contributed by atoms with Crippen molar-refractivity contribution in [1.29, 1.82) is 0 Å². The van der Waals surface area contributed by atoms with Crippen LogP contribution in [-0.2, 0) is 0 Å². The van der Waals surface area contributed by atoms with Crippen LogP contribution in [-0.4, -0.2) is 37.3 Å². The Kier molecular flexibility index (Phi) is 5.56. The second kappa shape index (κ2) is 7.41. The summed E-state index contributed by atoms with van der Waals surface area (Å²) >= 11 is 1.88.